The molecule has 1 saturated heterocycles. The van der Waals surface area contributed by atoms with Crippen LogP contribution in [-0.4, -0.2) is 72.7 Å². The lowest BCUT2D eigenvalue weighted by atomic mass is 10.1. The number of rotatable bonds is 9. The Morgan fingerprint density at radius 2 is 1.76 bits per heavy atom. The molecule has 0 atom stereocenters. The van der Waals surface area contributed by atoms with E-state index in [1.807, 2.05) is 19.9 Å². The third kappa shape index (κ3) is 5.51. The number of methoxy groups -OCH3 is 2. The highest BCUT2D eigenvalue weighted by molar-refractivity contribution is 7.92. The molecule has 1 aliphatic rings. The van der Waals surface area contributed by atoms with Crippen molar-refractivity contribution in [1.82, 2.24) is 10.2 Å². The summed E-state index contributed by atoms with van der Waals surface area (Å²) in [7, 11) is -1.16. The van der Waals surface area contributed by atoms with Crippen molar-refractivity contribution in [1.29, 1.82) is 0 Å². The van der Waals surface area contributed by atoms with Crippen molar-refractivity contribution in [2.45, 2.75) is 18.7 Å². The van der Waals surface area contributed by atoms with Crippen LogP contribution in [0, 0.1) is 0 Å². The number of hydrogen-bond acceptors (Lipinski definition) is 7. The van der Waals surface area contributed by atoms with E-state index in [1.54, 1.807) is 29.2 Å². The molecule has 1 heterocycles. The minimum atomic E-state index is -4.05. The molecule has 0 saturated carbocycles. The SMILES string of the molecule is CCN(CC)C(=O)c1ccc(N2CCNCC2)c(NS(=O)(=O)c2cc(OC)ccc2OC)c1. The minimum Gasteiger partial charge on any atom is -0.497 e. The Hall–Kier alpha value is -2.98. The molecule has 1 amide bonds. The Balaban J connectivity index is 2.07. The lowest BCUT2D eigenvalue weighted by molar-refractivity contribution is 0.0773. The summed E-state index contributed by atoms with van der Waals surface area (Å²) in [6.07, 6.45) is 0. The highest BCUT2D eigenvalue weighted by Gasteiger charge is 2.25. The van der Waals surface area contributed by atoms with Crippen molar-refractivity contribution >= 4 is 27.3 Å². The van der Waals surface area contributed by atoms with Gasteiger partial charge in [0, 0.05) is 50.9 Å². The smallest absolute Gasteiger partial charge is 0.265 e. The summed E-state index contributed by atoms with van der Waals surface area (Å²) in [5.41, 5.74) is 1.49. The zero-order valence-electron chi connectivity index (χ0n) is 19.6. The first-order valence-electron chi connectivity index (χ1n) is 11.0. The monoisotopic (exact) mass is 476 g/mol. The van der Waals surface area contributed by atoms with E-state index in [-0.39, 0.29) is 16.6 Å². The van der Waals surface area contributed by atoms with Crippen LogP contribution < -0.4 is 24.4 Å². The molecule has 2 N–H and O–H groups in total. The van der Waals surface area contributed by atoms with Crippen LogP contribution >= 0.6 is 0 Å². The fourth-order valence-electron chi connectivity index (χ4n) is 3.82. The van der Waals surface area contributed by atoms with E-state index in [1.165, 1.54) is 20.3 Å². The van der Waals surface area contributed by atoms with Crippen molar-refractivity contribution in [3.05, 3.63) is 42.0 Å². The second-order valence-corrected chi connectivity index (χ2v) is 9.22. The molecule has 0 spiro atoms. The highest BCUT2D eigenvalue weighted by atomic mass is 32.2. The van der Waals surface area contributed by atoms with Gasteiger partial charge in [0.25, 0.3) is 15.9 Å². The van der Waals surface area contributed by atoms with E-state index >= 15 is 0 Å². The average molecular weight is 477 g/mol. The zero-order valence-corrected chi connectivity index (χ0v) is 20.4. The molecule has 1 fully saturated rings. The predicted molar refractivity (Wildman–Crippen MR) is 129 cm³/mol. The molecule has 0 unspecified atom stereocenters. The van der Waals surface area contributed by atoms with E-state index in [0.29, 0.717) is 30.1 Å². The molecule has 1 aliphatic heterocycles. The summed E-state index contributed by atoms with van der Waals surface area (Å²) >= 11 is 0. The molecule has 9 nitrogen and oxygen atoms in total. The topological polar surface area (TPSA) is 100 Å². The van der Waals surface area contributed by atoms with Gasteiger partial charge in [-0.3, -0.25) is 9.52 Å². The molecule has 180 valence electrons. The second-order valence-electron chi connectivity index (χ2n) is 7.57. The Kier molecular flexibility index (Phi) is 8.04. The molecule has 0 aliphatic carbocycles. The van der Waals surface area contributed by atoms with Gasteiger partial charge < -0.3 is 24.6 Å². The minimum absolute atomic E-state index is 0.0453. The van der Waals surface area contributed by atoms with E-state index in [4.69, 9.17) is 9.47 Å². The van der Waals surface area contributed by atoms with Crippen molar-refractivity contribution in [3.8, 4) is 11.5 Å². The van der Waals surface area contributed by atoms with Crippen LogP contribution in [0.25, 0.3) is 0 Å². The molecule has 10 heteroatoms. The van der Waals surface area contributed by atoms with Gasteiger partial charge in [-0.15, -0.1) is 0 Å². The molecule has 0 aromatic heterocycles. The summed E-state index contributed by atoms with van der Waals surface area (Å²) in [6.45, 7) is 7.98. The first kappa shape index (κ1) is 24.7. The molecule has 3 rings (SSSR count). The van der Waals surface area contributed by atoms with Gasteiger partial charge >= 0.3 is 0 Å². The van der Waals surface area contributed by atoms with Crippen LogP contribution in [0.3, 0.4) is 0 Å². The number of carbonyl (C=O) groups excluding carboxylic acids is 1. The van der Waals surface area contributed by atoms with Crippen molar-refractivity contribution in [2.24, 2.45) is 0 Å². The maximum Gasteiger partial charge on any atom is 0.265 e. The fourth-order valence-corrected chi connectivity index (χ4v) is 5.07. The van der Waals surface area contributed by atoms with Crippen LogP contribution in [-0.2, 0) is 10.0 Å². The Labute approximate surface area is 195 Å². The van der Waals surface area contributed by atoms with Gasteiger partial charge in [-0.1, -0.05) is 0 Å². The molecular weight excluding hydrogens is 444 g/mol. The molecule has 0 radical (unpaired) electrons. The van der Waals surface area contributed by atoms with Crippen LogP contribution in [0.2, 0.25) is 0 Å². The first-order chi connectivity index (χ1) is 15.8. The summed E-state index contributed by atoms with van der Waals surface area (Å²) in [5, 5.41) is 3.29. The van der Waals surface area contributed by atoms with E-state index in [0.717, 1.165) is 31.9 Å². The Bertz CT molecular complexity index is 1080. The van der Waals surface area contributed by atoms with E-state index < -0.39 is 10.0 Å². The number of anilines is 2. The number of nitrogens with one attached hydrogen (secondary N) is 2. The molecule has 2 aromatic rings. The molecule has 0 bridgehead atoms. The van der Waals surface area contributed by atoms with Gasteiger partial charge in [0.1, 0.15) is 16.4 Å². The summed E-state index contributed by atoms with van der Waals surface area (Å²) in [4.78, 5) is 16.7. The van der Waals surface area contributed by atoms with Crippen molar-refractivity contribution in [2.75, 3.05) is 63.1 Å². The number of ether oxygens (including phenoxy) is 2. The number of benzene rings is 2. The maximum absolute atomic E-state index is 13.4. The lowest BCUT2D eigenvalue weighted by Gasteiger charge is -2.31. The van der Waals surface area contributed by atoms with E-state index in [2.05, 4.69) is 14.9 Å². The van der Waals surface area contributed by atoms with Crippen LogP contribution in [0.5, 0.6) is 11.5 Å². The lowest BCUT2D eigenvalue weighted by Crippen LogP contribution is -2.43. The van der Waals surface area contributed by atoms with Gasteiger partial charge in [0.05, 0.1) is 25.6 Å². The number of carbonyl (C=O) groups is 1. The van der Waals surface area contributed by atoms with Crippen LogP contribution in [0.4, 0.5) is 11.4 Å². The number of piperazine rings is 1. The normalized spacial score (nSPS) is 14.0. The van der Waals surface area contributed by atoms with Crippen LogP contribution in [0.1, 0.15) is 24.2 Å². The quantitative estimate of drug-likeness (QED) is 0.573. The second kappa shape index (κ2) is 10.8. The van der Waals surface area contributed by atoms with Gasteiger partial charge in [-0.25, -0.2) is 8.42 Å². The zero-order chi connectivity index (χ0) is 24.0. The summed E-state index contributed by atoms with van der Waals surface area (Å²) < 4.78 is 40.1. The third-order valence-corrected chi connectivity index (χ3v) is 7.04. The summed E-state index contributed by atoms with van der Waals surface area (Å²) in [5.74, 6) is 0.442. The fraction of sp³-hybridized carbons (Fsp3) is 0.435. The first-order valence-corrected chi connectivity index (χ1v) is 12.5. The van der Waals surface area contributed by atoms with Gasteiger partial charge in [-0.05, 0) is 44.2 Å². The number of sulfonamides is 1. The Morgan fingerprint density at radius 1 is 1.06 bits per heavy atom. The number of amides is 1. The molecule has 33 heavy (non-hydrogen) atoms. The third-order valence-electron chi connectivity index (χ3n) is 5.66. The standard InChI is InChI=1S/C23H32N4O5S/c1-5-26(6-2)23(28)17-7-9-20(27-13-11-24-12-14-27)19(15-17)25-33(29,30)22-16-18(31-3)8-10-21(22)32-4/h7-10,15-16,24-25H,5-6,11-14H2,1-4H3. The highest BCUT2D eigenvalue weighted by Crippen LogP contribution is 2.34. The maximum atomic E-state index is 13.4. The molecular formula is C23H32N4O5S. The van der Waals surface area contributed by atoms with Gasteiger partial charge in [-0.2, -0.15) is 0 Å². The van der Waals surface area contributed by atoms with E-state index in [9.17, 15) is 13.2 Å². The number of hydrogen-bond donors (Lipinski definition) is 2. The van der Waals surface area contributed by atoms with Crippen LogP contribution in [0.15, 0.2) is 41.3 Å². The molecule has 2 aromatic carbocycles. The average Bonchev–Trinajstić information content (AvgIpc) is 2.84. The van der Waals surface area contributed by atoms with Crippen molar-refractivity contribution in [3.63, 3.8) is 0 Å². The summed E-state index contributed by atoms with van der Waals surface area (Å²) in [6, 6.07) is 9.77. The largest absolute Gasteiger partial charge is 0.497 e. The predicted octanol–water partition coefficient (Wildman–Crippen LogP) is 2.40. The Morgan fingerprint density at radius 3 is 2.36 bits per heavy atom. The van der Waals surface area contributed by atoms with Crippen molar-refractivity contribution < 1.29 is 22.7 Å². The van der Waals surface area contributed by atoms with Gasteiger partial charge in [0.15, 0.2) is 0 Å². The van der Waals surface area contributed by atoms with Gasteiger partial charge in [0.2, 0.25) is 0 Å². The number of nitrogens with zero attached hydrogens (tertiary/aromatic N) is 2.